The fourth-order valence-electron chi connectivity index (χ4n) is 3.36. The predicted molar refractivity (Wildman–Crippen MR) is 65.3 cm³/mol. The molecule has 2 aliphatic rings. The van der Waals surface area contributed by atoms with Gasteiger partial charge in [-0.2, -0.15) is 5.26 Å². The van der Waals surface area contributed by atoms with E-state index < -0.39 is 11.0 Å². The second-order valence-electron chi connectivity index (χ2n) is 6.55. The lowest BCUT2D eigenvalue weighted by atomic mass is 9.57. The van der Waals surface area contributed by atoms with E-state index in [0.717, 1.165) is 25.7 Å². The van der Waals surface area contributed by atoms with E-state index in [-0.39, 0.29) is 6.10 Å². The zero-order valence-corrected chi connectivity index (χ0v) is 11.1. The molecule has 3 nitrogen and oxygen atoms in total. The molecule has 0 spiro atoms. The van der Waals surface area contributed by atoms with Crippen molar-refractivity contribution in [2.24, 2.45) is 10.8 Å². The summed E-state index contributed by atoms with van der Waals surface area (Å²) in [5, 5.41) is 20.4. The van der Waals surface area contributed by atoms with Crippen LogP contribution in [-0.2, 0) is 4.74 Å². The zero-order chi connectivity index (χ0) is 12.7. The summed E-state index contributed by atoms with van der Waals surface area (Å²) in [6.45, 7) is 6.95. The minimum atomic E-state index is -0.946. The third-order valence-electron chi connectivity index (χ3n) is 5.02. The molecule has 0 bridgehead atoms. The van der Waals surface area contributed by atoms with Gasteiger partial charge in [0, 0.05) is 13.0 Å². The fraction of sp³-hybridized carbons (Fsp3) is 0.929. The van der Waals surface area contributed by atoms with Crippen LogP contribution in [0.1, 0.15) is 52.9 Å². The van der Waals surface area contributed by atoms with E-state index in [0.29, 0.717) is 18.4 Å². The Morgan fingerprint density at radius 1 is 1.18 bits per heavy atom. The maximum atomic E-state index is 10.9. The molecule has 1 heterocycles. The van der Waals surface area contributed by atoms with Gasteiger partial charge in [0.15, 0.2) is 0 Å². The highest BCUT2D eigenvalue weighted by Gasteiger charge is 2.58. The second-order valence-corrected chi connectivity index (χ2v) is 6.55. The molecular weight excluding hydrogens is 214 g/mol. The summed E-state index contributed by atoms with van der Waals surface area (Å²) in [4.78, 5) is 0. The van der Waals surface area contributed by atoms with Gasteiger partial charge in [-0.05, 0) is 38.0 Å². The molecule has 1 saturated carbocycles. The lowest BCUT2D eigenvalue weighted by Gasteiger charge is -2.48. The molecule has 2 rings (SSSR count). The zero-order valence-electron chi connectivity index (χ0n) is 11.1. The Morgan fingerprint density at radius 3 is 2.18 bits per heavy atom. The van der Waals surface area contributed by atoms with Crippen LogP contribution in [0.3, 0.4) is 0 Å². The van der Waals surface area contributed by atoms with E-state index in [4.69, 9.17) is 4.74 Å². The SMILES string of the molecule is CC1OCCC1(O)C1(C#N)CCC(C)(C)CC1. The number of nitriles is 1. The van der Waals surface area contributed by atoms with Gasteiger partial charge in [0.25, 0.3) is 0 Å². The average Bonchev–Trinajstić information content (AvgIpc) is 2.61. The van der Waals surface area contributed by atoms with E-state index >= 15 is 0 Å². The van der Waals surface area contributed by atoms with Crippen molar-refractivity contribution in [1.29, 1.82) is 5.26 Å². The van der Waals surface area contributed by atoms with Gasteiger partial charge in [0.1, 0.15) is 5.60 Å². The lowest BCUT2D eigenvalue weighted by Crippen LogP contribution is -2.54. The molecule has 2 unspecified atom stereocenters. The van der Waals surface area contributed by atoms with Crippen molar-refractivity contribution in [3.05, 3.63) is 0 Å². The number of hydrogen-bond donors (Lipinski definition) is 1. The molecular formula is C14H23NO2. The van der Waals surface area contributed by atoms with Crippen molar-refractivity contribution in [2.75, 3.05) is 6.61 Å². The Labute approximate surface area is 104 Å². The summed E-state index contributed by atoms with van der Waals surface area (Å²) in [7, 11) is 0. The lowest BCUT2D eigenvalue weighted by molar-refractivity contribution is -0.119. The highest BCUT2D eigenvalue weighted by molar-refractivity contribution is 5.17. The van der Waals surface area contributed by atoms with Crippen molar-refractivity contribution in [2.45, 2.75) is 64.6 Å². The van der Waals surface area contributed by atoms with Gasteiger partial charge in [-0.15, -0.1) is 0 Å². The van der Waals surface area contributed by atoms with Crippen LogP contribution >= 0.6 is 0 Å². The molecule has 0 amide bonds. The van der Waals surface area contributed by atoms with Crippen molar-refractivity contribution >= 4 is 0 Å². The quantitative estimate of drug-likeness (QED) is 0.762. The van der Waals surface area contributed by atoms with Gasteiger partial charge in [0.2, 0.25) is 0 Å². The topological polar surface area (TPSA) is 53.2 Å². The van der Waals surface area contributed by atoms with E-state index in [1.807, 2.05) is 6.92 Å². The number of ether oxygens (including phenoxy) is 1. The summed E-state index contributed by atoms with van der Waals surface area (Å²) >= 11 is 0. The largest absolute Gasteiger partial charge is 0.385 e. The number of nitrogens with zero attached hydrogens (tertiary/aromatic N) is 1. The number of hydrogen-bond acceptors (Lipinski definition) is 3. The predicted octanol–water partition coefficient (Wildman–Crippen LogP) is 2.64. The molecule has 0 aromatic carbocycles. The van der Waals surface area contributed by atoms with Crippen LogP contribution in [0.4, 0.5) is 0 Å². The van der Waals surface area contributed by atoms with Crippen LogP contribution in [0, 0.1) is 22.2 Å². The highest BCUT2D eigenvalue weighted by Crippen LogP contribution is 2.54. The molecule has 1 saturated heterocycles. The Morgan fingerprint density at radius 2 is 1.76 bits per heavy atom. The smallest absolute Gasteiger partial charge is 0.111 e. The molecule has 2 atom stereocenters. The molecule has 0 radical (unpaired) electrons. The first-order valence-electron chi connectivity index (χ1n) is 6.61. The summed E-state index contributed by atoms with van der Waals surface area (Å²) < 4.78 is 5.50. The van der Waals surface area contributed by atoms with Crippen LogP contribution in [0.25, 0.3) is 0 Å². The second kappa shape index (κ2) is 3.96. The molecule has 0 aromatic heterocycles. The van der Waals surface area contributed by atoms with Gasteiger partial charge in [-0.3, -0.25) is 0 Å². The normalized spacial score (nSPS) is 39.8. The molecule has 2 fully saturated rings. The van der Waals surface area contributed by atoms with Crippen molar-refractivity contribution < 1.29 is 9.84 Å². The van der Waals surface area contributed by atoms with E-state index in [9.17, 15) is 10.4 Å². The van der Waals surface area contributed by atoms with Crippen molar-refractivity contribution in [3.8, 4) is 6.07 Å². The van der Waals surface area contributed by atoms with Crippen molar-refractivity contribution in [1.82, 2.24) is 0 Å². The van der Waals surface area contributed by atoms with Gasteiger partial charge in [0.05, 0.1) is 17.6 Å². The summed E-state index contributed by atoms with van der Waals surface area (Å²) in [6.07, 6.45) is 3.98. The standard InChI is InChI=1S/C14H23NO2/c1-11-14(16,8-9-17-11)13(10-15)6-4-12(2,3)5-7-13/h11,16H,4-9H2,1-3H3. The van der Waals surface area contributed by atoms with Crippen LogP contribution in [0.5, 0.6) is 0 Å². The van der Waals surface area contributed by atoms with Crippen molar-refractivity contribution in [3.63, 3.8) is 0 Å². The van der Waals surface area contributed by atoms with Gasteiger partial charge in [-0.25, -0.2) is 0 Å². The first kappa shape index (κ1) is 12.9. The van der Waals surface area contributed by atoms with Crippen LogP contribution < -0.4 is 0 Å². The van der Waals surface area contributed by atoms with E-state index in [1.165, 1.54) is 0 Å². The Kier molecular flexibility index (Phi) is 3.00. The van der Waals surface area contributed by atoms with Gasteiger partial charge < -0.3 is 9.84 Å². The summed E-state index contributed by atoms with van der Waals surface area (Å²) in [5.41, 5.74) is -1.24. The monoisotopic (exact) mass is 237 g/mol. The first-order chi connectivity index (χ1) is 7.85. The average molecular weight is 237 g/mol. The number of rotatable bonds is 1. The molecule has 3 heteroatoms. The van der Waals surface area contributed by atoms with Gasteiger partial charge >= 0.3 is 0 Å². The number of aliphatic hydroxyl groups is 1. The first-order valence-corrected chi connectivity index (χ1v) is 6.61. The molecule has 1 aliphatic carbocycles. The molecule has 1 N–H and O–H groups in total. The molecule has 96 valence electrons. The Hall–Kier alpha value is -0.590. The highest BCUT2D eigenvalue weighted by atomic mass is 16.5. The van der Waals surface area contributed by atoms with Crippen LogP contribution in [0.2, 0.25) is 0 Å². The van der Waals surface area contributed by atoms with Gasteiger partial charge in [-0.1, -0.05) is 13.8 Å². The minimum absolute atomic E-state index is 0.219. The maximum absolute atomic E-state index is 10.9. The summed E-state index contributed by atoms with van der Waals surface area (Å²) in [6, 6.07) is 2.44. The Balaban J connectivity index is 2.25. The third kappa shape index (κ3) is 1.88. The molecule has 1 aliphatic heterocycles. The molecule has 0 aromatic rings. The van der Waals surface area contributed by atoms with Crippen LogP contribution in [0.15, 0.2) is 0 Å². The third-order valence-corrected chi connectivity index (χ3v) is 5.02. The fourth-order valence-corrected chi connectivity index (χ4v) is 3.36. The van der Waals surface area contributed by atoms with E-state index in [2.05, 4.69) is 19.9 Å². The maximum Gasteiger partial charge on any atom is 0.111 e. The minimum Gasteiger partial charge on any atom is -0.385 e. The van der Waals surface area contributed by atoms with E-state index in [1.54, 1.807) is 0 Å². The molecule has 17 heavy (non-hydrogen) atoms. The van der Waals surface area contributed by atoms with Crippen LogP contribution in [-0.4, -0.2) is 23.4 Å². The Bertz CT molecular complexity index is 335. The summed E-state index contributed by atoms with van der Waals surface area (Å²) in [5.74, 6) is 0.